The van der Waals surface area contributed by atoms with E-state index in [0.29, 0.717) is 30.8 Å². The van der Waals surface area contributed by atoms with Crippen LogP contribution in [0.25, 0.3) is 5.69 Å². The molecule has 176 valence electrons. The fourth-order valence-corrected chi connectivity index (χ4v) is 4.41. The summed E-state index contributed by atoms with van der Waals surface area (Å²) in [6.07, 6.45) is 5.06. The SMILES string of the molecule is O=C1c2ccc(Oc3c(Cl)cc(-n4ncc(=O)[nH]c4=O)cc3Cl)cc2CCN1Cc1ccncc1. The van der Waals surface area contributed by atoms with Gasteiger partial charge in [-0.1, -0.05) is 23.2 Å². The summed E-state index contributed by atoms with van der Waals surface area (Å²) < 4.78 is 6.91. The van der Waals surface area contributed by atoms with Gasteiger partial charge in [0.2, 0.25) is 0 Å². The van der Waals surface area contributed by atoms with Crippen LogP contribution in [0.15, 0.2) is 70.6 Å². The van der Waals surface area contributed by atoms with Gasteiger partial charge in [0.1, 0.15) is 11.9 Å². The molecule has 0 unspecified atom stereocenters. The Bertz CT molecular complexity index is 1530. The molecular weight excluding hydrogens is 493 g/mol. The number of H-pyrrole nitrogens is 1. The standard InChI is InChI=1S/C24H17Cl2N5O4/c25-19-10-16(31-24(34)29-21(32)12-28-31)11-20(26)22(19)35-17-1-2-18-15(9-17)5-8-30(23(18)33)13-14-3-6-27-7-4-14/h1-4,6-7,9-12H,5,8,13H2,(H,29,32,34). The van der Waals surface area contributed by atoms with Crippen molar-refractivity contribution in [1.82, 2.24) is 24.6 Å². The molecule has 11 heteroatoms. The summed E-state index contributed by atoms with van der Waals surface area (Å²) in [6, 6.07) is 11.9. The first-order valence-corrected chi connectivity index (χ1v) is 11.3. The van der Waals surface area contributed by atoms with Gasteiger partial charge in [0.15, 0.2) is 5.75 Å². The van der Waals surface area contributed by atoms with E-state index in [1.807, 2.05) is 12.1 Å². The lowest BCUT2D eigenvalue weighted by Crippen LogP contribution is -2.37. The molecule has 35 heavy (non-hydrogen) atoms. The van der Waals surface area contributed by atoms with Crippen molar-refractivity contribution < 1.29 is 9.53 Å². The van der Waals surface area contributed by atoms with Gasteiger partial charge in [-0.25, -0.2) is 4.79 Å². The minimum absolute atomic E-state index is 0.0473. The van der Waals surface area contributed by atoms with Crippen LogP contribution >= 0.6 is 23.2 Å². The molecule has 0 aliphatic carbocycles. The lowest BCUT2D eigenvalue weighted by atomic mass is 9.98. The molecule has 0 atom stereocenters. The predicted octanol–water partition coefficient (Wildman–Crippen LogP) is 3.61. The molecule has 1 N–H and O–H groups in total. The smallest absolute Gasteiger partial charge is 0.349 e. The van der Waals surface area contributed by atoms with Gasteiger partial charge in [0.25, 0.3) is 11.5 Å². The minimum Gasteiger partial charge on any atom is -0.454 e. The molecule has 5 rings (SSSR count). The van der Waals surface area contributed by atoms with Crippen molar-refractivity contribution in [2.75, 3.05) is 6.54 Å². The lowest BCUT2D eigenvalue weighted by Gasteiger charge is -2.29. The number of aromatic nitrogens is 4. The molecule has 0 spiro atoms. The highest BCUT2D eigenvalue weighted by Gasteiger charge is 2.25. The van der Waals surface area contributed by atoms with E-state index in [0.717, 1.165) is 22.0 Å². The Morgan fingerprint density at radius 1 is 1.00 bits per heavy atom. The first-order valence-electron chi connectivity index (χ1n) is 10.6. The number of pyridine rings is 1. The van der Waals surface area contributed by atoms with Crippen molar-refractivity contribution in [2.45, 2.75) is 13.0 Å². The Morgan fingerprint density at radius 3 is 2.46 bits per heavy atom. The number of fused-ring (bicyclic) bond motifs is 1. The number of carbonyl (C=O) groups is 1. The molecule has 0 saturated carbocycles. The molecule has 4 aromatic rings. The number of hydrogen-bond acceptors (Lipinski definition) is 6. The summed E-state index contributed by atoms with van der Waals surface area (Å²) in [5, 5.41) is 4.08. The van der Waals surface area contributed by atoms with Crippen LogP contribution < -0.4 is 16.0 Å². The number of amides is 1. The van der Waals surface area contributed by atoms with E-state index in [-0.39, 0.29) is 27.4 Å². The van der Waals surface area contributed by atoms with E-state index < -0.39 is 11.2 Å². The number of halogens is 2. The number of aromatic amines is 1. The second-order valence-electron chi connectivity index (χ2n) is 7.84. The van der Waals surface area contributed by atoms with Gasteiger partial charge in [-0.3, -0.25) is 19.6 Å². The molecule has 0 fully saturated rings. The average molecular weight is 510 g/mol. The zero-order valence-electron chi connectivity index (χ0n) is 18.1. The van der Waals surface area contributed by atoms with Crippen molar-refractivity contribution in [1.29, 1.82) is 0 Å². The van der Waals surface area contributed by atoms with Gasteiger partial charge < -0.3 is 9.64 Å². The van der Waals surface area contributed by atoms with E-state index in [1.54, 1.807) is 35.5 Å². The number of rotatable bonds is 5. The third-order valence-corrected chi connectivity index (χ3v) is 6.09. The van der Waals surface area contributed by atoms with E-state index >= 15 is 0 Å². The van der Waals surface area contributed by atoms with E-state index in [9.17, 15) is 14.4 Å². The van der Waals surface area contributed by atoms with Crippen molar-refractivity contribution >= 4 is 29.1 Å². The first kappa shape index (κ1) is 22.8. The van der Waals surface area contributed by atoms with Crippen LogP contribution in [0.4, 0.5) is 0 Å². The highest BCUT2D eigenvalue weighted by atomic mass is 35.5. The number of hydrogen-bond donors (Lipinski definition) is 1. The predicted molar refractivity (Wildman–Crippen MR) is 130 cm³/mol. The maximum atomic E-state index is 13.0. The van der Waals surface area contributed by atoms with Crippen LogP contribution in [0.3, 0.4) is 0 Å². The summed E-state index contributed by atoms with van der Waals surface area (Å²) in [5.74, 6) is 0.611. The van der Waals surface area contributed by atoms with Gasteiger partial charge >= 0.3 is 5.69 Å². The molecule has 1 aliphatic rings. The topological polar surface area (TPSA) is 110 Å². The Balaban J connectivity index is 1.37. The van der Waals surface area contributed by atoms with Crippen LogP contribution in [0.5, 0.6) is 11.5 Å². The number of carbonyl (C=O) groups excluding carboxylic acids is 1. The van der Waals surface area contributed by atoms with E-state index in [1.165, 1.54) is 12.1 Å². The van der Waals surface area contributed by atoms with Crippen molar-refractivity contribution in [3.63, 3.8) is 0 Å². The fourth-order valence-electron chi connectivity index (χ4n) is 3.86. The summed E-state index contributed by atoms with van der Waals surface area (Å²) in [7, 11) is 0. The zero-order chi connectivity index (χ0) is 24.5. The van der Waals surface area contributed by atoms with Crippen LogP contribution in [0, 0.1) is 0 Å². The van der Waals surface area contributed by atoms with Gasteiger partial charge in [0, 0.05) is 31.0 Å². The quantitative estimate of drug-likeness (QED) is 0.439. The molecular formula is C24H17Cl2N5O4. The van der Waals surface area contributed by atoms with Crippen molar-refractivity contribution in [2.24, 2.45) is 0 Å². The molecule has 0 radical (unpaired) electrons. The molecule has 0 saturated heterocycles. The molecule has 2 aromatic carbocycles. The Labute approximate surface area is 208 Å². The third-order valence-electron chi connectivity index (χ3n) is 5.53. The monoisotopic (exact) mass is 509 g/mol. The van der Waals surface area contributed by atoms with Gasteiger partial charge in [-0.05, 0) is 60.0 Å². The largest absolute Gasteiger partial charge is 0.454 e. The second-order valence-corrected chi connectivity index (χ2v) is 8.66. The maximum Gasteiger partial charge on any atom is 0.349 e. The highest BCUT2D eigenvalue weighted by Crippen LogP contribution is 2.38. The Morgan fingerprint density at radius 2 is 1.74 bits per heavy atom. The summed E-state index contributed by atoms with van der Waals surface area (Å²) in [6.45, 7) is 1.10. The number of ether oxygens (including phenoxy) is 1. The van der Waals surface area contributed by atoms with Crippen LogP contribution in [-0.4, -0.2) is 37.1 Å². The van der Waals surface area contributed by atoms with Gasteiger partial charge in [-0.15, -0.1) is 0 Å². The molecule has 3 heterocycles. The van der Waals surface area contributed by atoms with Crippen molar-refractivity contribution in [3.05, 3.63) is 109 Å². The minimum atomic E-state index is -0.726. The first-order chi connectivity index (χ1) is 16.9. The number of nitrogens with zero attached hydrogens (tertiary/aromatic N) is 4. The highest BCUT2D eigenvalue weighted by molar-refractivity contribution is 6.37. The van der Waals surface area contributed by atoms with Crippen LogP contribution in [0.2, 0.25) is 10.0 Å². The summed E-state index contributed by atoms with van der Waals surface area (Å²) in [4.78, 5) is 44.2. The lowest BCUT2D eigenvalue weighted by molar-refractivity contribution is 0.0727. The summed E-state index contributed by atoms with van der Waals surface area (Å²) >= 11 is 12.8. The number of nitrogens with one attached hydrogen (secondary N) is 1. The zero-order valence-corrected chi connectivity index (χ0v) is 19.6. The maximum absolute atomic E-state index is 13.0. The van der Waals surface area contributed by atoms with Gasteiger partial charge in [0.05, 0.1) is 15.7 Å². The number of benzene rings is 2. The van der Waals surface area contributed by atoms with E-state index in [2.05, 4.69) is 15.1 Å². The molecule has 2 aromatic heterocycles. The second kappa shape index (κ2) is 9.36. The molecule has 1 amide bonds. The molecule has 9 nitrogen and oxygen atoms in total. The van der Waals surface area contributed by atoms with E-state index in [4.69, 9.17) is 27.9 Å². The third kappa shape index (κ3) is 4.68. The fraction of sp³-hybridized carbons (Fsp3) is 0.125. The molecule has 1 aliphatic heterocycles. The molecule has 0 bridgehead atoms. The normalized spacial score (nSPS) is 13.0. The van der Waals surface area contributed by atoms with Crippen molar-refractivity contribution in [3.8, 4) is 17.2 Å². The summed E-state index contributed by atoms with van der Waals surface area (Å²) in [5.41, 5.74) is 1.42. The van der Waals surface area contributed by atoms with Crippen LogP contribution in [0.1, 0.15) is 21.5 Å². The Kier molecular flexibility index (Phi) is 6.10. The Hall–Kier alpha value is -3.95. The van der Waals surface area contributed by atoms with Crippen LogP contribution in [-0.2, 0) is 13.0 Å². The average Bonchev–Trinajstić information content (AvgIpc) is 2.84. The van der Waals surface area contributed by atoms with Gasteiger partial charge in [-0.2, -0.15) is 9.78 Å².